The van der Waals surface area contributed by atoms with E-state index in [9.17, 15) is 34.8 Å². The molecule has 0 fully saturated rings. The number of carbonyl (C=O) groups excluding carboxylic acids is 3. The van der Waals surface area contributed by atoms with Gasteiger partial charge >= 0.3 is 0 Å². The van der Waals surface area contributed by atoms with Crippen LogP contribution in [0.2, 0.25) is 0 Å². The highest BCUT2D eigenvalue weighted by Gasteiger charge is 2.43. The molecule has 4 rings (SSSR count). The van der Waals surface area contributed by atoms with Crippen LogP contribution in [0.4, 0.5) is 0 Å². The van der Waals surface area contributed by atoms with Crippen molar-refractivity contribution in [3.63, 3.8) is 0 Å². The number of hydrogen-bond acceptors (Lipinski definition) is 8. The van der Waals surface area contributed by atoms with Crippen molar-refractivity contribution in [2.24, 2.45) is 0 Å². The zero-order valence-electron chi connectivity index (χ0n) is 14.7. The van der Waals surface area contributed by atoms with Gasteiger partial charge in [0.2, 0.25) is 12.1 Å². The summed E-state index contributed by atoms with van der Waals surface area (Å²) in [6.45, 7) is 1.40. The second-order valence-corrected chi connectivity index (χ2v) is 6.96. The van der Waals surface area contributed by atoms with E-state index in [2.05, 4.69) is 0 Å². The Labute approximate surface area is 158 Å². The van der Waals surface area contributed by atoms with Crippen LogP contribution in [0.3, 0.4) is 0 Å². The van der Waals surface area contributed by atoms with Gasteiger partial charge in [0.1, 0.15) is 28.8 Å². The summed E-state index contributed by atoms with van der Waals surface area (Å²) in [7, 11) is 0. The number of aliphatic hydroxyl groups is 1. The maximum Gasteiger partial charge on any atom is 0.204 e. The summed E-state index contributed by atoms with van der Waals surface area (Å²) in [5, 5.41) is 40.5. The van der Waals surface area contributed by atoms with E-state index >= 15 is 0 Å². The lowest BCUT2D eigenvalue weighted by Crippen LogP contribution is -2.22. The number of Topliss-reactive ketones (excluding diaryl/α,β-unsaturated/α-hetero) is 1. The van der Waals surface area contributed by atoms with Crippen molar-refractivity contribution in [1.29, 1.82) is 0 Å². The van der Waals surface area contributed by atoms with Crippen LogP contribution in [0.25, 0.3) is 0 Å². The highest BCUT2D eigenvalue weighted by atomic mass is 16.6. The average molecular weight is 384 g/mol. The van der Waals surface area contributed by atoms with Gasteiger partial charge < -0.3 is 30.0 Å². The van der Waals surface area contributed by atoms with Gasteiger partial charge in [0.25, 0.3) is 0 Å². The van der Waals surface area contributed by atoms with Crippen molar-refractivity contribution >= 4 is 17.3 Å². The first kappa shape index (κ1) is 18.0. The van der Waals surface area contributed by atoms with Crippen LogP contribution < -0.4 is 4.74 Å². The van der Waals surface area contributed by atoms with E-state index in [4.69, 9.17) is 4.74 Å². The van der Waals surface area contributed by atoms with Gasteiger partial charge in [-0.3, -0.25) is 9.59 Å². The lowest BCUT2D eigenvalue weighted by atomic mass is 9.80. The van der Waals surface area contributed by atoms with Gasteiger partial charge in [-0.2, -0.15) is 0 Å². The second-order valence-electron chi connectivity index (χ2n) is 6.96. The third-order valence-corrected chi connectivity index (χ3v) is 5.10. The average Bonchev–Trinajstić information content (AvgIpc) is 2.93. The quantitative estimate of drug-likeness (QED) is 0.535. The molecule has 0 bridgehead atoms. The molecule has 8 nitrogen and oxygen atoms in total. The second kappa shape index (κ2) is 6.07. The van der Waals surface area contributed by atoms with Crippen LogP contribution in [0.1, 0.15) is 63.1 Å². The first-order chi connectivity index (χ1) is 13.2. The smallest absolute Gasteiger partial charge is 0.204 e. The number of carbonyl (C=O) groups is 3. The molecular formula is C20H16O8. The Balaban J connectivity index is 1.92. The van der Waals surface area contributed by atoms with Crippen molar-refractivity contribution in [2.75, 3.05) is 0 Å². The van der Waals surface area contributed by atoms with Crippen molar-refractivity contribution in [2.45, 2.75) is 32.0 Å². The van der Waals surface area contributed by atoms with E-state index in [1.807, 2.05) is 0 Å². The topological polar surface area (TPSA) is 141 Å². The Morgan fingerprint density at radius 1 is 1.00 bits per heavy atom. The van der Waals surface area contributed by atoms with Gasteiger partial charge in [-0.1, -0.05) is 0 Å². The molecule has 0 saturated carbocycles. The molecule has 2 aromatic carbocycles. The summed E-state index contributed by atoms with van der Waals surface area (Å²) >= 11 is 0. The normalized spacial score (nSPS) is 19.6. The maximum absolute atomic E-state index is 13.0. The molecule has 0 aromatic heterocycles. The number of phenolic OH excluding ortho intramolecular Hbond substituents is 3. The molecule has 2 unspecified atom stereocenters. The number of hydrogen-bond donors (Lipinski definition) is 4. The molecule has 0 amide bonds. The third-order valence-electron chi connectivity index (χ3n) is 5.10. The van der Waals surface area contributed by atoms with E-state index < -0.39 is 29.5 Å². The largest absolute Gasteiger partial charge is 0.508 e. The monoisotopic (exact) mass is 384 g/mol. The molecule has 2 atom stereocenters. The van der Waals surface area contributed by atoms with Crippen LogP contribution in [-0.4, -0.2) is 44.1 Å². The van der Waals surface area contributed by atoms with Crippen LogP contribution >= 0.6 is 0 Å². The van der Waals surface area contributed by atoms with Crippen LogP contribution in [0.5, 0.6) is 23.0 Å². The summed E-state index contributed by atoms with van der Waals surface area (Å²) in [6.07, 6.45) is -1.07. The van der Waals surface area contributed by atoms with Gasteiger partial charge in [-0.15, -0.1) is 0 Å². The Morgan fingerprint density at radius 2 is 1.68 bits per heavy atom. The number of ketones is 3. The molecule has 1 aliphatic carbocycles. The first-order valence-electron chi connectivity index (χ1n) is 8.60. The number of aromatic hydroxyl groups is 3. The Morgan fingerprint density at radius 3 is 2.36 bits per heavy atom. The van der Waals surface area contributed by atoms with E-state index in [0.29, 0.717) is 0 Å². The minimum atomic E-state index is -1.40. The molecule has 4 N–H and O–H groups in total. The number of benzene rings is 2. The molecule has 28 heavy (non-hydrogen) atoms. The molecule has 2 aromatic rings. The summed E-state index contributed by atoms with van der Waals surface area (Å²) in [6, 6.07) is 3.12. The number of aliphatic hydroxyl groups excluding tert-OH is 1. The predicted octanol–water partition coefficient (Wildman–Crippen LogP) is 1.74. The number of rotatable bonds is 3. The molecule has 0 radical (unpaired) electrons. The van der Waals surface area contributed by atoms with E-state index in [1.165, 1.54) is 6.92 Å². The third kappa shape index (κ3) is 2.45. The number of phenols is 3. The van der Waals surface area contributed by atoms with E-state index in [-0.39, 0.29) is 63.7 Å². The van der Waals surface area contributed by atoms with E-state index in [1.54, 1.807) is 0 Å². The minimum absolute atomic E-state index is 0.108. The molecule has 2 aliphatic rings. The van der Waals surface area contributed by atoms with Crippen molar-refractivity contribution < 1.29 is 39.5 Å². The maximum atomic E-state index is 13.0. The Bertz CT molecular complexity index is 1070. The van der Waals surface area contributed by atoms with Crippen molar-refractivity contribution in [3.05, 3.63) is 46.0 Å². The Hall–Kier alpha value is -3.39. The SMILES string of the molecule is CC(=O)CCC1c2c(O)cc3c(c2OC1O)C(=O)c1c(O)cc(O)cc1C3=O. The molecule has 1 heterocycles. The lowest BCUT2D eigenvalue weighted by Gasteiger charge is -2.21. The lowest BCUT2D eigenvalue weighted by molar-refractivity contribution is -0.117. The molecular weight excluding hydrogens is 368 g/mol. The highest BCUT2D eigenvalue weighted by Crippen LogP contribution is 2.51. The number of fused-ring (bicyclic) bond motifs is 4. The summed E-state index contributed by atoms with van der Waals surface area (Å²) in [5.41, 5.74) is -0.654. The molecule has 0 saturated heterocycles. The minimum Gasteiger partial charge on any atom is -0.508 e. The Kier molecular flexibility index (Phi) is 3.90. The zero-order chi connectivity index (χ0) is 20.3. The molecule has 0 spiro atoms. The van der Waals surface area contributed by atoms with Crippen LogP contribution in [0.15, 0.2) is 18.2 Å². The van der Waals surface area contributed by atoms with Gasteiger partial charge in [-0.05, 0) is 25.5 Å². The van der Waals surface area contributed by atoms with Crippen LogP contribution in [0, 0.1) is 0 Å². The molecule has 1 aliphatic heterocycles. The van der Waals surface area contributed by atoms with Crippen molar-refractivity contribution in [1.82, 2.24) is 0 Å². The zero-order valence-corrected chi connectivity index (χ0v) is 14.7. The molecule has 8 heteroatoms. The van der Waals surface area contributed by atoms with Crippen LogP contribution in [-0.2, 0) is 4.79 Å². The van der Waals surface area contributed by atoms with Gasteiger partial charge in [0, 0.05) is 29.2 Å². The predicted molar refractivity (Wildman–Crippen MR) is 94.0 cm³/mol. The summed E-state index contributed by atoms with van der Waals surface area (Å²) in [5.74, 6) is -3.68. The van der Waals surface area contributed by atoms with Crippen molar-refractivity contribution in [3.8, 4) is 23.0 Å². The number of ether oxygens (including phenoxy) is 1. The summed E-state index contributed by atoms with van der Waals surface area (Å²) in [4.78, 5) is 37.2. The first-order valence-corrected chi connectivity index (χ1v) is 8.60. The highest BCUT2D eigenvalue weighted by molar-refractivity contribution is 6.30. The fourth-order valence-electron chi connectivity index (χ4n) is 3.84. The fourth-order valence-corrected chi connectivity index (χ4v) is 3.84. The fraction of sp³-hybridized carbons (Fsp3) is 0.250. The van der Waals surface area contributed by atoms with Gasteiger partial charge in [0.05, 0.1) is 17.0 Å². The summed E-state index contributed by atoms with van der Waals surface area (Å²) < 4.78 is 5.41. The van der Waals surface area contributed by atoms with Gasteiger partial charge in [0.15, 0.2) is 5.78 Å². The van der Waals surface area contributed by atoms with Gasteiger partial charge in [-0.25, -0.2) is 0 Å². The molecule has 144 valence electrons. The standard InChI is InChI=1S/C20H16O8/c1-7(21)2-3-9-15-13(24)6-11-16(19(15)28-20(9)27)18(26)14-10(17(11)25)4-8(22)5-12(14)23/h4-6,9,20,22-24,27H,2-3H2,1H3. The van der Waals surface area contributed by atoms with E-state index in [0.717, 1.165) is 18.2 Å².